The Bertz CT molecular complexity index is 663. The molecular weight excluding hydrogens is 302 g/mol. The third-order valence-electron chi connectivity index (χ3n) is 4.04. The van der Waals surface area contributed by atoms with Crippen molar-refractivity contribution >= 4 is 17.8 Å². The van der Waals surface area contributed by atoms with Crippen LogP contribution in [-0.2, 0) is 18.3 Å². The number of aryl methyl sites for hydroxylation is 1. The molecule has 0 unspecified atom stereocenters. The van der Waals surface area contributed by atoms with Crippen molar-refractivity contribution in [2.24, 2.45) is 4.99 Å². The number of halogens is 1. The lowest BCUT2D eigenvalue weighted by Gasteiger charge is -2.18. The quantitative estimate of drug-likeness (QED) is 0.610. The number of hydrogen-bond donors (Lipinski definition) is 0. The summed E-state index contributed by atoms with van der Waals surface area (Å²) in [5.41, 5.74) is 5.21. The summed E-state index contributed by atoms with van der Waals surface area (Å²) in [6.45, 7) is 9.61. The van der Waals surface area contributed by atoms with Crippen LogP contribution in [0.2, 0.25) is 5.02 Å². The van der Waals surface area contributed by atoms with Crippen molar-refractivity contribution in [2.45, 2.75) is 46.0 Å². The molecular formula is C21H26ClN. The molecule has 0 N–H and O–H groups in total. The molecule has 2 aromatic rings. The van der Waals surface area contributed by atoms with Crippen LogP contribution in [0.25, 0.3) is 0 Å². The van der Waals surface area contributed by atoms with E-state index in [-0.39, 0.29) is 5.41 Å². The standard InChI is InChI=1S/C21H26ClN/c1-5-18-14-16(8-11-20(18)22)12-13-23-15-17-6-9-19(10-7-17)21(2,3)4/h6-11,14-15H,5,12-13H2,1-4H3/b23-15+. The van der Waals surface area contributed by atoms with Crippen LogP contribution < -0.4 is 0 Å². The smallest absolute Gasteiger partial charge is 0.0438 e. The average Bonchev–Trinajstić information content (AvgIpc) is 2.52. The van der Waals surface area contributed by atoms with E-state index in [1.807, 2.05) is 12.3 Å². The number of aliphatic imine (C=N–C) groups is 1. The summed E-state index contributed by atoms with van der Waals surface area (Å²) in [4.78, 5) is 4.55. The van der Waals surface area contributed by atoms with Crippen LogP contribution in [0.4, 0.5) is 0 Å². The Morgan fingerprint density at radius 2 is 1.74 bits per heavy atom. The Kier molecular flexibility index (Phi) is 6.01. The van der Waals surface area contributed by atoms with Crippen molar-refractivity contribution in [1.29, 1.82) is 0 Å². The minimum atomic E-state index is 0.196. The SMILES string of the molecule is CCc1cc(CC/N=C/c2ccc(C(C)(C)C)cc2)ccc1Cl. The topological polar surface area (TPSA) is 12.4 Å². The highest BCUT2D eigenvalue weighted by Gasteiger charge is 2.12. The average molecular weight is 328 g/mol. The van der Waals surface area contributed by atoms with E-state index < -0.39 is 0 Å². The molecule has 0 saturated heterocycles. The lowest BCUT2D eigenvalue weighted by molar-refractivity contribution is 0.590. The fraction of sp³-hybridized carbons (Fsp3) is 0.381. The van der Waals surface area contributed by atoms with Crippen LogP contribution in [0.3, 0.4) is 0 Å². The highest BCUT2D eigenvalue weighted by molar-refractivity contribution is 6.31. The van der Waals surface area contributed by atoms with E-state index in [2.05, 4.69) is 69.1 Å². The maximum absolute atomic E-state index is 6.15. The van der Waals surface area contributed by atoms with E-state index in [9.17, 15) is 0 Å². The Labute approximate surface area is 145 Å². The van der Waals surface area contributed by atoms with Crippen molar-refractivity contribution in [2.75, 3.05) is 6.54 Å². The summed E-state index contributed by atoms with van der Waals surface area (Å²) in [5, 5.41) is 0.860. The van der Waals surface area contributed by atoms with E-state index in [0.717, 1.165) is 30.0 Å². The summed E-state index contributed by atoms with van der Waals surface area (Å²) in [6, 6.07) is 14.9. The molecule has 1 nitrogen and oxygen atoms in total. The van der Waals surface area contributed by atoms with Crippen LogP contribution in [0, 0.1) is 0 Å². The summed E-state index contributed by atoms with van der Waals surface area (Å²) >= 11 is 6.15. The Balaban J connectivity index is 1.92. The molecule has 2 heteroatoms. The molecule has 0 amide bonds. The summed E-state index contributed by atoms with van der Waals surface area (Å²) in [7, 11) is 0. The van der Waals surface area contributed by atoms with Gasteiger partial charge >= 0.3 is 0 Å². The van der Waals surface area contributed by atoms with Gasteiger partial charge in [-0.05, 0) is 46.6 Å². The molecule has 0 radical (unpaired) electrons. The third-order valence-corrected chi connectivity index (χ3v) is 4.41. The van der Waals surface area contributed by atoms with Gasteiger partial charge in [-0.1, -0.05) is 75.7 Å². The van der Waals surface area contributed by atoms with Crippen molar-refractivity contribution in [3.63, 3.8) is 0 Å². The van der Waals surface area contributed by atoms with Gasteiger partial charge in [0.25, 0.3) is 0 Å². The minimum Gasteiger partial charge on any atom is -0.292 e. The van der Waals surface area contributed by atoms with E-state index in [4.69, 9.17) is 11.6 Å². The zero-order valence-corrected chi connectivity index (χ0v) is 15.3. The lowest BCUT2D eigenvalue weighted by Crippen LogP contribution is -2.10. The molecule has 0 fully saturated rings. The zero-order chi connectivity index (χ0) is 16.9. The van der Waals surface area contributed by atoms with Gasteiger partial charge in [-0.3, -0.25) is 4.99 Å². The second-order valence-electron chi connectivity index (χ2n) is 6.94. The highest BCUT2D eigenvalue weighted by Crippen LogP contribution is 2.22. The first-order chi connectivity index (χ1) is 10.9. The summed E-state index contributed by atoms with van der Waals surface area (Å²) < 4.78 is 0. The van der Waals surface area contributed by atoms with Gasteiger partial charge in [-0.25, -0.2) is 0 Å². The lowest BCUT2D eigenvalue weighted by atomic mass is 9.87. The van der Waals surface area contributed by atoms with Crippen LogP contribution >= 0.6 is 11.6 Å². The Morgan fingerprint density at radius 1 is 1.04 bits per heavy atom. The normalized spacial score (nSPS) is 12.0. The van der Waals surface area contributed by atoms with Gasteiger partial charge in [-0.2, -0.15) is 0 Å². The van der Waals surface area contributed by atoms with Crippen molar-refractivity contribution in [1.82, 2.24) is 0 Å². The molecule has 0 heterocycles. The van der Waals surface area contributed by atoms with Crippen LogP contribution in [0.5, 0.6) is 0 Å². The largest absolute Gasteiger partial charge is 0.292 e. The second-order valence-corrected chi connectivity index (χ2v) is 7.34. The fourth-order valence-corrected chi connectivity index (χ4v) is 2.74. The predicted octanol–water partition coefficient (Wildman–Crippen LogP) is 5.86. The van der Waals surface area contributed by atoms with Gasteiger partial charge in [-0.15, -0.1) is 0 Å². The Morgan fingerprint density at radius 3 is 2.35 bits per heavy atom. The van der Waals surface area contributed by atoms with Gasteiger partial charge in [0, 0.05) is 17.8 Å². The molecule has 0 bridgehead atoms. The van der Waals surface area contributed by atoms with Crippen molar-refractivity contribution < 1.29 is 0 Å². The first kappa shape index (κ1) is 17.7. The third kappa shape index (κ3) is 5.21. The molecule has 2 aromatic carbocycles. The monoisotopic (exact) mass is 327 g/mol. The molecule has 0 aliphatic heterocycles. The number of benzene rings is 2. The van der Waals surface area contributed by atoms with Crippen LogP contribution in [-0.4, -0.2) is 12.8 Å². The maximum atomic E-state index is 6.15. The first-order valence-corrected chi connectivity index (χ1v) is 8.65. The second kappa shape index (κ2) is 7.79. The maximum Gasteiger partial charge on any atom is 0.0438 e. The molecule has 0 saturated carbocycles. The van der Waals surface area contributed by atoms with Gasteiger partial charge in [0.1, 0.15) is 0 Å². The van der Waals surface area contributed by atoms with E-state index in [1.54, 1.807) is 0 Å². The zero-order valence-electron chi connectivity index (χ0n) is 14.6. The molecule has 2 rings (SSSR count). The van der Waals surface area contributed by atoms with Gasteiger partial charge in [0.15, 0.2) is 0 Å². The van der Waals surface area contributed by atoms with Crippen LogP contribution in [0.1, 0.15) is 49.9 Å². The first-order valence-electron chi connectivity index (χ1n) is 8.28. The number of nitrogens with zero attached hydrogens (tertiary/aromatic N) is 1. The fourth-order valence-electron chi connectivity index (χ4n) is 2.49. The molecule has 0 aliphatic carbocycles. The molecule has 0 spiro atoms. The van der Waals surface area contributed by atoms with E-state index >= 15 is 0 Å². The number of rotatable bonds is 5. The van der Waals surface area contributed by atoms with Gasteiger partial charge < -0.3 is 0 Å². The van der Waals surface area contributed by atoms with Gasteiger partial charge in [0.2, 0.25) is 0 Å². The molecule has 0 aromatic heterocycles. The van der Waals surface area contributed by atoms with Gasteiger partial charge in [0.05, 0.1) is 0 Å². The summed E-state index contributed by atoms with van der Waals surface area (Å²) in [5.74, 6) is 0. The molecule has 0 atom stereocenters. The van der Waals surface area contributed by atoms with Crippen LogP contribution in [0.15, 0.2) is 47.5 Å². The predicted molar refractivity (Wildman–Crippen MR) is 102 cm³/mol. The minimum absolute atomic E-state index is 0.196. The highest BCUT2D eigenvalue weighted by atomic mass is 35.5. The van der Waals surface area contributed by atoms with Crippen molar-refractivity contribution in [3.8, 4) is 0 Å². The Hall–Kier alpha value is -1.60. The molecule has 122 valence electrons. The van der Waals surface area contributed by atoms with E-state index in [1.165, 1.54) is 16.7 Å². The molecule has 0 aliphatic rings. The molecule has 23 heavy (non-hydrogen) atoms. The van der Waals surface area contributed by atoms with Crippen molar-refractivity contribution in [3.05, 3.63) is 69.7 Å². The number of hydrogen-bond acceptors (Lipinski definition) is 1. The summed E-state index contributed by atoms with van der Waals surface area (Å²) in [6.07, 6.45) is 3.87. The van der Waals surface area contributed by atoms with E-state index in [0.29, 0.717) is 0 Å².